The number of hydrogen-bond donors (Lipinski definition) is 1. The first-order valence-electron chi connectivity index (χ1n) is 6.45. The van der Waals surface area contributed by atoms with E-state index in [9.17, 15) is 8.42 Å². The molecule has 1 fully saturated rings. The lowest BCUT2D eigenvalue weighted by Gasteiger charge is -2.21. The van der Waals surface area contributed by atoms with Crippen LogP contribution in [-0.4, -0.2) is 30.8 Å². The van der Waals surface area contributed by atoms with Crippen LogP contribution in [-0.2, 0) is 10.0 Å². The van der Waals surface area contributed by atoms with Crippen LogP contribution < -0.4 is 5.73 Å². The highest BCUT2D eigenvalue weighted by molar-refractivity contribution is 7.89. The summed E-state index contributed by atoms with van der Waals surface area (Å²) >= 11 is 10.9. The number of benzene rings is 1. The van der Waals surface area contributed by atoms with Crippen molar-refractivity contribution < 1.29 is 8.42 Å². The van der Waals surface area contributed by atoms with Crippen LogP contribution in [0.25, 0.3) is 0 Å². The van der Waals surface area contributed by atoms with E-state index >= 15 is 0 Å². The van der Waals surface area contributed by atoms with Crippen LogP contribution >= 0.6 is 23.8 Å². The molecule has 0 bridgehead atoms. The number of halogens is 1. The van der Waals surface area contributed by atoms with Crippen molar-refractivity contribution in [2.24, 2.45) is 11.7 Å². The Labute approximate surface area is 130 Å². The van der Waals surface area contributed by atoms with Crippen molar-refractivity contribution in [3.8, 4) is 0 Å². The van der Waals surface area contributed by atoms with Gasteiger partial charge in [-0.1, -0.05) is 36.8 Å². The van der Waals surface area contributed by atoms with Crippen molar-refractivity contribution in [1.29, 1.82) is 0 Å². The molecule has 110 valence electrons. The zero-order chi connectivity index (χ0) is 14.9. The van der Waals surface area contributed by atoms with Crippen molar-refractivity contribution in [2.45, 2.75) is 24.7 Å². The molecule has 0 saturated heterocycles. The van der Waals surface area contributed by atoms with E-state index < -0.39 is 10.0 Å². The fourth-order valence-corrected chi connectivity index (χ4v) is 4.13. The zero-order valence-corrected chi connectivity index (χ0v) is 13.6. The van der Waals surface area contributed by atoms with Gasteiger partial charge >= 0.3 is 0 Å². The van der Waals surface area contributed by atoms with Gasteiger partial charge in [-0.05, 0) is 30.9 Å². The lowest BCUT2D eigenvalue weighted by molar-refractivity contribution is 0.412. The fourth-order valence-electron chi connectivity index (χ4n) is 1.98. The normalized spacial score (nSPS) is 15.6. The number of rotatable bonds is 6. The Hall–Kier alpha value is -0.690. The van der Waals surface area contributed by atoms with Gasteiger partial charge in [-0.15, -0.1) is 0 Å². The van der Waals surface area contributed by atoms with Gasteiger partial charge < -0.3 is 5.73 Å². The summed E-state index contributed by atoms with van der Waals surface area (Å²) < 4.78 is 26.8. The van der Waals surface area contributed by atoms with Crippen LogP contribution in [0.1, 0.15) is 25.3 Å². The third-order valence-corrected chi connectivity index (χ3v) is 6.00. The van der Waals surface area contributed by atoms with Crippen molar-refractivity contribution in [1.82, 2.24) is 4.31 Å². The summed E-state index contributed by atoms with van der Waals surface area (Å²) in [5, 5.41) is 0.194. The molecule has 2 N–H and O–H groups in total. The van der Waals surface area contributed by atoms with Crippen LogP contribution in [0.15, 0.2) is 23.1 Å². The molecule has 4 nitrogen and oxygen atoms in total. The molecule has 0 heterocycles. The summed E-state index contributed by atoms with van der Waals surface area (Å²) in [4.78, 5) is 0.232. The molecule has 0 spiro atoms. The van der Waals surface area contributed by atoms with Crippen molar-refractivity contribution in [3.63, 3.8) is 0 Å². The maximum Gasteiger partial charge on any atom is 0.244 e. The zero-order valence-electron chi connectivity index (χ0n) is 11.2. The Morgan fingerprint density at radius 3 is 2.65 bits per heavy atom. The van der Waals surface area contributed by atoms with Gasteiger partial charge in [-0.3, -0.25) is 0 Å². The predicted molar refractivity (Wildman–Crippen MR) is 84.5 cm³/mol. The minimum atomic E-state index is -3.61. The Morgan fingerprint density at radius 2 is 2.15 bits per heavy atom. The molecule has 1 aliphatic rings. The number of thiocarbonyl (C=S) groups is 1. The number of hydrogen-bond acceptors (Lipinski definition) is 3. The highest BCUT2D eigenvalue weighted by atomic mass is 35.5. The first kappa shape index (κ1) is 15.7. The average molecular weight is 333 g/mol. The first-order valence-corrected chi connectivity index (χ1v) is 8.68. The topological polar surface area (TPSA) is 63.4 Å². The summed E-state index contributed by atoms with van der Waals surface area (Å²) in [5.74, 6) is 0.474. The molecule has 1 aromatic carbocycles. The molecular weight excluding hydrogens is 316 g/mol. The predicted octanol–water partition coefficient (Wildman–Crippen LogP) is 2.39. The van der Waals surface area contributed by atoms with Gasteiger partial charge in [-0.25, -0.2) is 8.42 Å². The Morgan fingerprint density at radius 1 is 1.50 bits per heavy atom. The molecular formula is C13H17ClN2O2S2. The standard InChI is InChI=1S/C13H17ClN2O2S2/c1-2-16(8-9-3-4-9)20(17,18)12-7-10(13(15)19)5-6-11(12)14/h5-7,9H,2-4,8H2,1H3,(H2,15,19). The van der Waals surface area contributed by atoms with Gasteiger partial charge in [0.05, 0.1) is 5.02 Å². The number of nitrogens with two attached hydrogens (primary N) is 1. The van der Waals surface area contributed by atoms with Crippen LogP contribution in [0.2, 0.25) is 5.02 Å². The highest BCUT2D eigenvalue weighted by Gasteiger charge is 2.32. The van der Waals surface area contributed by atoms with E-state index in [1.54, 1.807) is 6.07 Å². The molecule has 0 aromatic heterocycles. The molecule has 0 unspecified atom stereocenters. The van der Waals surface area contributed by atoms with Gasteiger partial charge in [0, 0.05) is 18.7 Å². The second-order valence-electron chi connectivity index (χ2n) is 4.91. The van der Waals surface area contributed by atoms with Gasteiger partial charge in [0.2, 0.25) is 10.0 Å². The molecule has 0 amide bonds. The lowest BCUT2D eigenvalue weighted by Crippen LogP contribution is -2.33. The second kappa shape index (κ2) is 5.97. The van der Waals surface area contributed by atoms with Crippen molar-refractivity contribution in [2.75, 3.05) is 13.1 Å². The highest BCUT2D eigenvalue weighted by Crippen LogP contribution is 2.33. The largest absolute Gasteiger partial charge is 0.389 e. The van der Waals surface area contributed by atoms with Gasteiger partial charge in [-0.2, -0.15) is 4.31 Å². The van der Waals surface area contributed by atoms with Crippen LogP contribution in [0.5, 0.6) is 0 Å². The van der Waals surface area contributed by atoms with Crippen molar-refractivity contribution in [3.05, 3.63) is 28.8 Å². The lowest BCUT2D eigenvalue weighted by atomic mass is 10.2. The summed E-state index contributed by atoms with van der Waals surface area (Å²) in [5.41, 5.74) is 6.06. The van der Waals surface area contributed by atoms with Crippen molar-refractivity contribution >= 4 is 38.8 Å². The number of sulfonamides is 1. The maximum atomic E-state index is 12.7. The second-order valence-corrected chi connectivity index (χ2v) is 7.66. The molecule has 0 aliphatic heterocycles. The molecule has 2 rings (SSSR count). The molecule has 1 aromatic rings. The van der Waals surface area contributed by atoms with E-state index in [4.69, 9.17) is 29.6 Å². The minimum absolute atomic E-state index is 0.0759. The first-order chi connectivity index (χ1) is 9.36. The van der Waals surface area contributed by atoms with Crippen LogP contribution in [0.3, 0.4) is 0 Å². The number of nitrogens with zero attached hydrogens (tertiary/aromatic N) is 1. The monoisotopic (exact) mass is 332 g/mol. The quantitative estimate of drug-likeness (QED) is 0.812. The molecule has 20 heavy (non-hydrogen) atoms. The molecule has 0 radical (unpaired) electrons. The Balaban J connectivity index is 2.40. The van der Waals surface area contributed by atoms with Crippen LogP contribution in [0.4, 0.5) is 0 Å². The van der Waals surface area contributed by atoms with E-state index in [1.165, 1.54) is 16.4 Å². The molecule has 7 heteroatoms. The molecule has 1 aliphatic carbocycles. The third kappa shape index (κ3) is 3.31. The fraction of sp³-hybridized carbons (Fsp3) is 0.462. The van der Waals surface area contributed by atoms with E-state index in [2.05, 4.69) is 0 Å². The average Bonchev–Trinajstić information content (AvgIpc) is 3.19. The minimum Gasteiger partial charge on any atom is -0.389 e. The summed E-state index contributed by atoms with van der Waals surface area (Å²) in [6.07, 6.45) is 2.18. The van der Waals surface area contributed by atoms with E-state index in [1.807, 2.05) is 6.92 Å². The Bertz CT molecular complexity index is 627. The van der Waals surface area contributed by atoms with E-state index in [0.29, 0.717) is 24.6 Å². The molecule has 1 saturated carbocycles. The van der Waals surface area contributed by atoms with Gasteiger partial charge in [0.25, 0.3) is 0 Å². The SMILES string of the molecule is CCN(CC1CC1)S(=O)(=O)c1cc(C(N)=S)ccc1Cl. The van der Waals surface area contributed by atoms with Crippen LogP contribution in [0, 0.1) is 5.92 Å². The third-order valence-electron chi connectivity index (χ3n) is 3.35. The van der Waals surface area contributed by atoms with E-state index in [0.717, 1.165) is 12.8 Å². The summed E-state index contributed by atoms with van der Waals surface area (Å²) in [6.45, 7) is 2.80. The summed E-state index contributed by atoms with van der Waals surface area (Å²) in [6, 6.07) is 4.60. The summed E-state index contributed by atoms with van der Waals surface area (Å²) in [7, 11) is -3.61. The van der Waals surface area contributed by atoms with Gasteiger partial charge in [0.1, 0.15) is 9.88 Å². The smallest absolute Gasteiger partial charge is 0.244 e. The van der Waals surface area contributed by atoms with Gasteiger partial charge in [0.15, 0.2) is 0 Å². The maximum absolute atomic E-state index is 12.7. The molecule has 0 atom stereocenters. The Kier molecular flexibility index (Phi) is 4.69. The van der Waals surface area contributed by atoms with E-state index in [-0.39, 0.29) is 14.9 Å².